The highest BCUT2D eigenvalue weighted by Crippen LogP contribution is 2.16. The van der Waals surface area contributed by atoms with Crippen LogP contribution in [0.15, 0.2) is 0 Å². The summed E-state index contributed by atoms with van der Waals surface area (Å²) < 4.78 is 0. The predicted octanol–water partition coefficient (Wildman–Crippen LogP) is 0.278. The van der Waals surface area contributed by atoms with Crippen LogP contribution in [0.1, 0.15) is 26.2 Å². The Bertz CT molecular complexity index is 249. The van der Waals surface area contributed by atoms with Gasteiger partial charge in [0.2, 0.25) is 5.91 Å². The average molecular weight is 225 g/mol. The Morgan fingerprint density at radius 3 is 2.50 bits per heavy atom. The first-order valence-electron chi connectivity index (χ1n) is 6.41. The van der Waals surface area contributed by atoms with Gasteiger partial charge in [0, 0.05) is 32.2 Å². The number of nitrogens with zero attached hydrogens (tertiary/aromatic N) is 2. The maximum atomic E-state index is 12.0. The smallest absolute Gasteiger partial charge is 0.236 e. The summed E-state index contributed by atoms with van der Waals surface area (Å²) in [5, 5.41) is 0. The van der Waals surface area contributed by atoms with Crippen molar-refractivity contribution in [2.75, 3.05) is 32.7 Å². The van der Waals surface area contributed by atoms with E-state index in [0.717, 1.165) is 45.4 Å². The van der Waals surface area contributed by atoms with Crippen molar-refractivity contribution in [3.05, 3.63) is 0 Å². The number of likely N-dealkylation sites (tertiary alicyclic amines) is 2. The molecule has 2 heterocycles. The molecule has 4 heteroatoms. The third kappa shape index (κ3) is 2.95. The maximum Gasteiger partial charge on any atom is 0.236 e. The molecule has 1 atom stereocenters. The molecule has 92 valence electrons. The number of hydrogen-bond donors (Lipinski definition) is 1. The van der Waals surface area contributed by atoms with Gasteiger partial charge in [-0.15, -0.1) is 0 Å². The van der Waals surface area contributed by atoms with Crippen molar-refractivity contribution in [3.63, 3.8) is 0 Å². The summed E-state index contributed by atoms with van der Waals surface area (Å²) in [5.41, 5.74) is 5.85. The first-order chi connectivity index (χ1) is 7.65. The van der Waals surface area contributed by atoms with Gasteiger partial charge in [0.1, 0.15) is 0 Å². The van der Waals surface area contributed by atoms with Crippen LogP contribution < -0.4 is 5.73 Å². The van der Waals surface area contributed by atoms with Gasteiger partial charge in [0.05, 0.1) is 6.54 Å². The summed E-state index contributed by atoms with van der Waals surface area (Å²) in [5.74, 6) is 0.985. The summed E-state index contributed by atoms with van der Waals surface area (Å²) in [6.07, 6.45) is 3.23. The highest BCUT2D eigenvalue weighted by Gasteiger charge is 2.25. The van der Waals surface area contributed by atoms with E-state index in [2.05, 4.69) is 11.8 Å². The summed E-state index contributed by atoms with van der Waals surface area (Å²) >= 11 is 0. The SMILES string of the molecule is CC1CCN(C(=O)CN2CCC(N)CC2)C1. The molecule has 2 aliphatic heterocycles. The van der Waals surface area contributed by atoms with Gasteiger partial charge in [-0.25, -0.2) is 0 Å². The molecule has 2 rings (SSSR count). The number of nitrogens with two attached hydrogens (primary N) is 1. The molecule has 2 aliphatic rings. The Hall–Kier alpha value is -0.610. The number of rotatable bonds is 2. The molecular formula is C12H23N3O. The fourth-order valence-corrected chi connectivity index (χ4v) is 2.56. The molecule has 2 N–H and O–H groups in total. The number of carbonyl (C=O) groups excluding carboxylic acids is 1. The van der Waals surface area contributed by atoms with Crippen LogP contribution in [0.5, 0.6) is 0 Å². The number of carbonyl (C=O) groups is 1. The van der Waals surface area contributed by atoms with Crippen LogP contribution in [-0.4, -0.2) is 54.5 Å². The summed E-state index contributed by atoms with van der Waals surface area (Å²) in [6.45, 7) is 6.68. The molecular weight excluding hydrogens is 202 g/mol. The zero-order chi connectivity index (χ0) is 11.5. The molecule has 0 aromatic heterocycles. The minimum atomic E-state index is 0.305. The van der Waals surface area contributed by atoms with Crippen molar-refractivity contribution in [1.29, 1.82) is 0 Å². The molecule has 0 saturated carbocycles. The van der Waals surface area contributed by atoms with Crippen LogP contribution in [0.3, 0.4) is 0 Å². The van der Waals surface area contributed by atoms with E-state index in [0.29, 0.717) is 24.4 Å². The maximum absolute atomic E-state index is 12.0. The summed E-state index contributed by atoms with van der Waals surface area (Å²) in [7, 11) is 0. The lowest BCUT2D eigenvalue weighted by atomic mass is 10.1. The van der Waals surface area contributed by atoms with Gasteiger partial charge in [-0.05, 0) is 25.2 Å². The molecule has 1 amide bonds. The lowest BCUT2D eigenvalue weighted by Gasteiger charge is -2.30. The van der Waals surface area contributed by atoms with Gasteiger partial charge in [-0.3, -0.25) is 9.69 Å². The number of amides is 1. The molecule has 1 unspecified atom stereocenters. The molecule has 0 spiro atoms. The molecule has 0 radical (unpaired) electrons. The average Bonchev–Trinajstić information content (AvgIpc) is 2.68. The second-order valence-corrected chi connectivity index (χ2v) is 5.35. The number of hydrogen-bond acceptors (Lipinski definition) is 3. The quantitative estimate of drug-likeness (QED) is 0.734. The van der Waals surface area contributed by atoms with Crippen molar-refractivity contribution >= 4 is 5.91 Å². The molecule has 0 bridgehead atoms. The lowest BCUT2D eigenvalue weighted by molar-refractivity contribution is -0.131. The van der Waals surface area contributed by atoms with E-state index in [-0.39, 0.29) is 0 Å². The van der Waals surface area contributed by atoms with E-state index in [1.165, 1.54) is 0 Å². The van der Waals surface area contributed by atoms with Crippen molar-refractivity contribution in [2.24, 2.45) is 11.7 Å². The first kappa shape index (κ1) is 11.9. The highest BCUT2D eigenvalue weighted by atomic mass is 16.2. The molecule has 0 aromatic carbocycles. The minimum Gasteiger partial charge on any atom is -0.341 e. The van der Waals surface area contributed by atoms with Crippen molar-refractivity contribution in [1.82, 2.24) is 9.80 Å². The van der Waals surface area contributed by atoms with E-state index < -0.39 is 0 Å². The standard InChI is InChI=1S/C12H23N3O/c1-10-2-7-15(8-10)12(16)9-14-5-3-11(13)4-6-14/h10-11H,2-9,13H2,1H3. The lowest BCUT2D eigenvalue weighted by Crippen LogP contribution is -2.45. The van der Waals surface area contributed by atoms with Gasteiger partial charge in [0.25, 0.3) is 0 Å². The predicted molar refractivity (Wildman–Crippen MR) is 64.0 cm³/mol. The third-order valence-electron chi connectivity index (χ3n) is 3.77. The summed E-state index contributed by atoms with van der Waals surface area (Å²) in [4.78, 5) is 16.3. The molecule has 4 nitrogen and oxygen atoms in total. The number of piperidine rings is 1. The van der Waals surface area contributed by atoms with Crippen LogP contribution >= 0.6 is 0 Å². The van der Waals surface area contributed by atoms with Gasteiger partial charge in [-0.2, -0.15) is 0 Å². The highest BCUT2D eigenvalue weighted by molar-refractivity contribution is 5.78. The monoisotopic (exact) mass is 225 g/mol. The van der Waals surface area contributed by atoms with Gasteiger partial charge in [0.15, 0.2) is 0 Å². The van der Waals surface area contributed by atoms with Crippen LogP contribution in [0.2, 0.25) is 0 Å². The van der Waals surface area contributed by atoms with Crippen LogP contribution in [0.4, 0.5) is 0 Å². The largest absolute Gasteiger partial charge is 0.341 e. The molecule has 2 saturated heterocycles. The molecule has 0 aliphatic carbocycles. The van der Waals surface area contributed by atoms with Crippen molar-refractivity contribution in [3.8, 4) is 0 Å². The first-order valence-corrected chi connectivity index (χ1v) is 6.41. The van der Waals surface area contributed by atoms with Crippen LogP contribution in [0.25, 0.3) is 0 Å². The Morgan fingerprint density at radius 1 is 1.25 bits per heavy atom. The van der Waals surface area contributed by atoms with Crippen LogP contribution in [0, 0.1) is 5.92 Å². The Labute approximate surface area is 97.8 Å². The fourth-order valence-electron chi connectivity index (χ4n) is 2.56. The van der Waals surface area contributed by atoms with E-state index in [9.17, 15) is 4.79 Å². The Morgan fingerprint density at radius 2 is 1.94 bits per heavy atom. The summed E-state index contributed by atoms with van der Waals surface area (Å²) in [6, 6.07) is 0.346. The second-order valence-electron chi connectivity index (χ2n) is 5.35. The van der Waals surface area contributed by atoms with E-state index in [1.807, 2.05) is 4.90 Å². The molecule has 2 fully saturated rings. The molecule has 0 aromatic rings. The van der Waals surface area contributed by atoms with Gasteiger partial charge >= 0.3 is 0 Å². The zero-order valence-corrected chi connectivity index (χ0v) is 10.2. The van der Waals surface area contributed by atoms with E-state index in [1.54, 1.807) is 0 Å². The van der Waals surface area contributed by atoms with Gasteiger partial charge in [-0.1, -0.05) is 6.92 Å². The second kappa shape index (κ2) is 5.15. The fraction of sp³-hybridized carbons (Fsp3) is 0.917. The Kier molecular flexibility index (Phi) is 3.82. The van der Waals surface area contributed by atoms with Crippen LogP contribution in [-0.2, 0) is 4.79 Å². The van der Waals surface area contributed by atoms with E-state index >= 15 is 0 Å². The topological polar surface area (TPSA) is 49.6 Å². The van der Waals surface area contributed by atoms with Crippen molar-refractivity contribution < 1.29 is 4.79 Å². The molecule has 16 heavy (non-hydrogen) atoms. The minimum absolute atomic E-state index is 0.305. The zero-order valence-electron chi connectivity index (χ0n) is 10.2. The van der Waals surface area contributed by atoms with Gasteiger partial charge < -0.3 is 10.6 Å². The van der Waals surface area contributed by atoms with Crippen molar-refractivity contribution in [2.45, 2.75) is 32.2 Å². The Balaban J connectivity index is 1.75. The third-order valence-corrected chi connectivity index (χ3v) is 3.77. The van der Waals surface area contributed by atoms with E-state index in [4.69, 9.17) is 5.73 Å². The normalized spacial score (nSPS) is 28.6.